The molecule has 2 aromatic heterocycles. The summed E-state index contributed by atoms with van der Waals surface area (Å²) >= 11 is 0. The van der Waals surface area contributed by atoms with Crippen LogP contribution in [-0.2, 0) is 0 Å². The molecule has 4 nitrogen and oxygen atoms in total. The van der Waals surface area contributed by atoms with Crippen LogP contribution in [0.2, 0.25) is 0 Å². The molecule has 0 fully saturated rings. The number of hydrogen-bond acceptors (Lipinski definition) is 3. The minimum atomic E-state index is 0.577. The third-order valence-electron chi connectivity index (χ3n) is 3.66. The van der Waals surface area contributed by atoms with Crippen LogP contribution < -0.4 is 5.73 Å². The van der Waals surface area contributed by atoms with Crippen LogP contribution in [0, 0.1) is 13.8 Å². The SMILES string of the molecule is C=C/C(=C\c1ccccc1C)c1cnn2c(N)cc(C)nc12. The molecule has 1 aromatic carbocycles. The molecule has 0 aliphatic heterocycles. The van der Waals surface area contributed by atoms with Crippen LogP contribution in [0.15, 0.2) is 49.2 Å². The smallest absolute Gasteiger partial charge is 0.165 e. The molecule has 22 heavy (non-hydrogen) atoms. The number of aryl methyl sites for hydroxylation is 2. The summed E-state index contributed by atoms with van der Waals surface area (Å²) < 4.78 is 1.65. The normalized spacial score (nSPS) is 11.8. The van der Waals surface area contributed by atoms with E-state index in [2.05, 4.69) is 41.8 Å². The molecule has 110 valence electrons. The fourth-order valence-electron chi connectivity index (χ4n) is 2.48. The average molecular weight is 290 g/mol. The zero-order valence-electron chi connectivity index (χ0n) is 12.7. The first-order valence-electron chi connectivity index (χ1n) is 7.11. The Kier molecular flexibility index (Phi) is 3.51. The van der Waals surface area contributed by atoms with Gasteiger partial charge in [-0.2, -0.15) is 9.61 Å². The number of allylic oxidation sites excluding steroid dienone is 2. The zero-order valence-corrected chi connectivity index (χ0v) is 12.7. The standard InChI is InChI=1S/C18H18N4/c1-4-14(10-15-8-6-5-7-12(15)2)16-11-20-22-17(19)9-13(3)21-18(16)22/h4-11H,1,19H2,2-3H3/b14-10+. The van der Waals surface area contributed by atoms with Gasteiger partial charge >= 0.3 is 0 Å². The molecule has 0 amide bonds. The Balaban J connectivity index is 2.20. The second kappa shape index (κ2) is 5.48. The number of nitrogen functional groups attached to an aromatic ring is 1. The molecule has 3 rings (SSSR count). The molecule has 0 aliphatic carbocycles. The molecular formula is C18H18N4. The molecule has 0 bridgehead atoms. The lowest BCUT2D eigenvalue weighted by atomic mass is 10.0. The Labute approximate surface area is 129 Å². The fraction of sp³-hybridized carbons (Fsp3) is 0.111. The van der Waals surface area contributed by atoms with Crippen molar-refractivity contribution in [1.29, 1.82) is 0 Å². The van der Waals surface area contributed by atoms with E-state index in [1.54, 1.807) is 10.7 Å². The summed E-state index contributed by atoms with van der Waals surface area (Å²) in [6.07, 6.45) is 5.70. The van der Waals surface area contributed by atoms with Crippen LogP contribution in [0.5, 0.6) is 0 Å². The predicted octanol–water partition coefficient (Wildman–Crippen LogP) is 3.65. The maximum Gasteiger partial charge on any atom is 0.165 e. The van der Waals surface area contributed by atoms with Crippen molar-refractivity contribution in [2.75, 3.05) is 5.73 Å². The van der Waals surface area contributed by atoms with Crippen molar-refractivity contribution >= 4 is 23.1 Å². The van der Waals surface area contributed by atoms with Gasteiger partial charge in [0.05, 0.1) is 6.20 Å². The Morgan fingerprint density at radius 1 is 1.27 bits per heavy atom. The van der Waals surface area contributed by atoms with E-state index < -0.39 is 0 Å². The van der Waals surface area contributed by atoms with Crippen LogP contribution in [0.25, 0.3) is 17.3 Å². The predicted molar refractivity (Wildman–Crippen MR) is 91.4 cm³/mol. The maximum atomic E-state index is 6.00. The summed E-state index contributed by atoms with van der Waals surface area (Å²) in [5.41, 5.74) is 11.9. The quantitative estimate of drug-likeness (QED) is 0.749. The van der Waals surface area contributed by atoms with Gasteiger partial charge < -0.3 is 5.73 Å². The first-order valence-corrected chi connectivity index (χ1v) is 7.11. The van der Waals surface area contributed by atoms with Crippen molar-refractivity contribution in [3.8, 4) is 0 Å². The highest BCUT2D eigenvalue weighted by atomic mass is 15.3. The number of rotatable bonds is 3. The Hall–Kier alpha value is -2.88. The van der Waals surface area contributed by atoms with Gasteiger partial charge in [0.15, 0.2) is 5.65 Å². The van der Waals surface area contributed by atoms with Crippen molar-refractivity contribution < 1.29 is 0 Å². The van der Waals surface area contributed by atoms with Gasteiger partial charge in [0, 0.05) is 17.3 Å². The maximum absolute atomic E-state index is 6.00. The summed E-state index contributed by atoms with van der Waals surface area (Å²) in [4.78, 5) is 4.56. The van der Waals surface area contributed by atoms with E-state index in [0.29, 0.717) is 5.82 Å². The Morgan fingerprint density at radius 2 is 2.05 bits per heavy atom. The molecule has 0 atom stereocenters. The summed E-state index contributed by atoms with van der Waals surface area (Å²) in [5, 5.41) is 4.33. The first kappa shape index (κ1) is 14.1. The van der Waals surface area contributed by atoms with Crippen LogP contribution in [0.3, 0.4) is 0 Å². The topological polar surface area (TPSA) is 56.2 Å². The van der Waals surface area contributed by atoms with Gasteiger partial charge in [-0.15, -0.1) is 0 Å². The second-order valence-electron chi connectivity index (χ2n) is 5.28. The summed E-state index contributed by atoms with van der Waals surface area (Å²) in [6.45, 7) is 7.94. The highest BCUT2D eigenvalue weighted by Gasteiger charge is 2.11. The van der Waals surface area contributed by atoms with E-state index in [1.807, 2.05) is 31.2 Å². The number of nitrogens with zero attached hydrogens (tertiary/aromatic N) is 3. The third kappa shape index (κ3) is 2.39. The van der Waals surface area contributed by atoms with Crippen molar-refractivity contribution in [3.63, 3.8) is 0 Å². The molecule has 2 heterocycles. The minimum Gasteiger partial charge on any atom is -0.384 e. The molecule has 2 N–H and O–H groups in total. The molecule has 4 heteroatoms. The van der Waals surface area contributed by atoms with E-state index in [1.165, 1.54) is 5.56 Å². The Bertz CT molecular complexity index is 887. The van der Waals surface area contributed by atoms with Gasteiger partial charge in [0.1, 0.15) is 5.82 Å². The van der Waals surface area contributed by atoms with Gasteiger partial charge in [-0.1, -0.05) is 36.9 Å². The van der Waals surface area contributed by atoms with Gasteiger partial charge in [-0.25, -0.2) is 4.98 Å². The second-order valence-corrected chi connectivity index (χ2v) is 5.28. The fourth-order valence-corrected chi connectivity index (χ4v) is 2.48. The Morgan fingerprint density at radius 3 is 2.77 bits per heavy atom. The van der Waals surface area contributed by atoms with E-state index in [4.69, 9.17) is 5.73 Å². The lowest BCUT2D eigenvalue weighted by molar-refractivity contribution is 0.942. The monoisotopic (exact) mass is 290 g/mol. The zero-order chi connectivity index (χ0) is 15.7. The number of benzene rings is 1. The van der Waals surface area contributed by atoms with Crippen LogP contribution >= 0.6 is 0 Å². The van der Waals surface area contributed by atoms with Gasteiger partial charge in [0.2, 0.25) is 0 Å². The molecular weight excluding hydrogens is 272 g/mol. The van der Waals surface area contributed by atoms with E-state index in [9.17, 15) is 0 Å². The first-order chi connectivity index (χ1) is 10.6. The molecule has 0 unspecified atom stereocenters. The average Bonchev–Trinajstić information content (AvgIpc) is 2.90. The van der Waals surface area contributed by atoms with E-state index in [0.717, 1.165) is 28.0 Å². The minimum absolute atomic E-state index is 0.577. The lowest BCUT2D eigenvalue weighted by Gasteiger charge is -2.05. The van der Waals surface area contributed by atoms with Gasteiger partial charge in [-0.05, 0) is 36.6 Å². The molecule has 0 saturated carbocycles. The highest BCUT2D eigenvalue weighted by molar-refractivity contribution is 5.92. The molecule has 0 radical (unpaired) electrons. The third-order valence-corrected chi connectivity index (χ3v) is 3.66. The van der Waals surface area contributed by atoms with Crippen LogP contribution in [-0.4, -0.2) is 14.6 Å². The summed E-state index contributed by atoms with van der Waals surface area (Å²) in [5.74, 6) is 0.577. The summed E-state index contributed by atoms with van der Waals surface area (Å²) in [7, 11) is 0. The number of nitrogens with two attached hydrogens (primary N) is 1. The van der Waals surface area contributed by atoms with Crippen molar-refractivity contribution in [3.05, 3.63) is 71.6 Å². The highest BCUT2D eigenvalue weighted by Crippen LogP contribution is 2.25. The molecule has 0 saturated heterocycles. The van der Waals surface area contributed by atoms with Crippen molar-refractivity contribution in [2.45, 2.75) is 13.8 Å². The van der Waals surface area contributed by atoms with Crippen LogP contribution in [0.4, 0.5) is 5.82 Å². The summed E-state index contributed by atoms with van der Waals surface area (Å²) in [6, 6.07) is 10.0. The van der Waals surface area contributed by atoms with Crippen molar-refractivity contribution in [1.82, 2.24) is 14.6 Å². The lowest BCUT2D eigenvalue weighted by Crippen LogP contribution is -2.01. The van der Waals surface area contributed by atoms with Crippen LogP contribution in [0.1, 0.15) is 22.4 Å². The largest absolute Gasteiger partial charge is 0.384 e. The van der Waals surface area contributed by atoms with Gasteiger partial charge in [-0.3, -0.25) is 0 Å². The van der Waals surface area contributed by atoms with E-state index in [-0.39, 0.29) is 0 Å². The van der Waals surface area contributed by atoms with E-state index >= 15 is 0 Å². The number of anilines is 1. The molecule has 0 spiro atoms. The van der Waals surface area contributed by atoms with Crippen molar-refractivity contribution in [2.24, 2.45) is 0 Å². The number of aromatic nitrogens is 3. The molecule has 0 aliphatic rings. The number of fused-ring (bicyclic) bond motifs is 1. The van der Waals surface area contributed by atoms with Gasteiger partial charge in [0.25, 0.3) is 0 Å². The molecule has 3 aromatic rings. The number of hydrogen-bond donors (Lipinski definition) is 1.